The maximum atomic E-state index is 3.73. The largest absolute Gasteiger partial charge is 0.103 e. The van der Waals surface area contributed by atoms with E-state index in [0.29, 0.717) is 4.83 Å². The van der Waals surface area contributed by atoms with Crippen molar-refractivity contribution in [1.82, 2.24) is 0 Å². The van der Waals surface area contributed by atoms with E-state index in [0.717, 1.165) is 6.42 Å². The van der Waals surface area contributed by atoms with Crippen LogP contribution in [0.25, 0.3) is 0 Å². The highest BCUT2D eigenvalue weighted by molar-refractivity contribution is 9.09. The van der Waals surface area contributed by atoms with Crippen LogP contribution < -0.4 is 0 Å². The Morgan fingerprint density at radius 1 is 1.15 bits per heavy atom. The number of unbranched alkanes of at least 4 members (excludes halogenated alkanes) is 4. The molecular weight excluding hydrogens is 224 g/mol. The van der Waals surface area contributed by atoms with Crippen molar-refractivity contribution in [3.8, 4) is 0 Å². The third kappa shape index (κ3) is 10.1. The lowest BCUT2D eigenvalue weighted by molar-refractivity contribution is 0.589. The molecule has 0 aromatic rings. The van der Waals surface area contributed by atoms with Crippen LogP contribution >= 0.6 is 15.9 Å². The zero-order chi connectivity index (χ0) is 9.94. The van der Waals surface area contributed by atoms with Crippen LogP contribution in [0.3, 0.4) is 0 Å². The third-order valence-electron chi connectivity index (χ3n) is 2.30. The zero-order valence-electron chi connectivity index (χ0n) is 8.90. The Morgan fingerprint density at radius 3 is 2.46 bits per heavy atom. The maximum absolute atomic E-state index is 3.73. The predicted octanol–water partition coefficient (Wildman–Crippen LogP) is 5.08. The highest BCUT2D eigenvalue weighted by atomic mass is 79.9. The molecule has 0 rings (SSSR count). The fourth-order valence-electron chi connectivity index (χ4n) is 1.41. The SMILES string of the molecule is C=CCCC(Br)CCCCCCC. The second kappa shape index (κ2) is 10.3. The first kappa shape index (κ1) is 13.2. The number of halogens is 1. The Labute approximate surface area is 91.9 Å². The van der Waals surface area contributed by atoms with Crippen LogP contribution in [-0.2, 0) is 0 Å². The number of allylic oxidation sites excluding steroid dienone is 1. The van der Waals surface area contributed by atoms with Crippen LogP contribution in [0.5, 0.6) is 0 Å². The minimum absolute atomic E-state index is 0.715. The summed E-state index contributed by atoms with van der Waals surface area (Å²) in [6.07, 6.45) is 12.7. The lowest BCUT2D eigenvalue weighted by atomic mass is 10.1. The molecule has 0 heterocycles. The number of alkyl halides is 1. The van der Waals surface area contributed by atoms with Crippen molar-refractivity contribution in [3.63, 3.8) is 0 Å². The molecule has 0 aromatic heterocycles. The summed E-state index contributed by atoms with van der Waals surface area (Å²) in [6.45, 7) is 5.99. The molecule has 0 spiro atoms. The van der Waals surface area contributed by atoms with Gasteiger partial charge in [-0.15, -0.1) is 6.58 Å². The van der Waals surface area contributed by atoms with Crippen molar-refractivity contribution >= 4 is 15.9 Å². The summed E-state index contributed by atoms with van der Waals surface area (Å²) in [6, 6.07) is 0. The summed E-state index contributed by atoms with van der Waals surface area (Å²) in [5, 5.41) is 0. The average molecular weight is 247 g/mol. The van der Waals surface area contributed by atoms with Gasteiger partial charge in [-0.3, -0.25) is 0 Å². The molecule has 0 N–H and O–H groups in total. The van der Waals surface area contributed by atoms with Crippen LogP contribution in [0.2, 0.25) is 0 Å². The molecule has 0 aliphatic heterocycles. The molecular formula is C12H23Br. The van der Waals surface area contributed by atoms with E-state index in [1.807, 2.05) is 6.08 Å². The molecule has 0 saturated carbocycles. The van der Waals surface area contributed by atoms with Crippen LogP contribution in [-0.4, -0.2) is 4.83 Å². The average Bonchev–Trinajstić information content (AvgIpc) is 2.14. The van der Waals surface area contributed by atoms with E-state index >= 15 is 0 Å². The summed E-state index contributed by atoms with van der Waals surface area (Å²) < 4.78 is 0. The van der Waals surface area contributed by atoms with Gasteiger partial charge < -0.3 is 0 Å². The van der Waals surface area contributed by atoms with Crippen LogP contribution in [0.4, 0.5) is 0 Å². The van der Waals surface area contributed by atoms with Gasteiger partial charge in [-0.05, 0) is 19.3 Å². The van der Waals surface area contributed by atoms with Gasteiger partial charge in [0.2, 0.25) is 0 Å². The van der Waals surface area contributed by atoms with Crippen molar-refractivity contribution in [2.24, 2.45) is 0 Å². The minimum Gasteiger partial charge on any atom is -0.103 e. The molecule has 13 heavy (non-hydrogen) atoms. The number of hydrogen-bond donors (Lipinski definition) is 0. The molecule has 0 aliphatic carbocycles. The van der Waals surface area contributed by atoms with Gasteiger partial charge in [-0.2, -0.15) is 0 Å². The highest BCUT2D eigenvalue weighted by Crippen LogP contribution is 2.17. The lowest BCUT2D eigenvalue weighted by Crippen LogP contribution is -1.96. The second-order valence-corrected chi connectivity index (χ2v) is 4.96. The van der Waals surface area contributed by atoms with Crippen molar-refractivity contribution in [2.45, 2.75) is 63.1 Å². The van der Waals surface area contributed by atoms with E-state index in [1.165, 1.54) is 44.9 Å². The molecule has 0 saturated heterocycles. The van der Waals surface area contributed by atoms with Gasteiger partial charge in [0.25, 0.3) is 0 Å². The summed E-state index contributed by atoms with van der Waals surface area (Å²) in [5.41, 5.74) is 0. The van der Waals surface area contributed by atoms with E-state index in [2.05, 4.69) is 29.4 Å². The zero-order valence-corrected chi connectivity index (χ0v) is 10.5. The molecule has 0 nitrogen and oxygen atoms in total. The number of hydrogen-bond acceptors (Lipinski definition) is 0. The molecule has 1 heteroatoms. The van der Waals surface area contributed by atoms with E-state index in [1.54, 1.807) is 0 Å². The Bertz CT molecular complexity index is 110. The van der Waals surface area contributed by atoms with Gasteiger partial charge >= 0.3 is 0 Å². The first-order valence-electron chi connectivity index (χ1n) is 5.56. The Balaban J connectivity index is 3.07. The summed E-state index contributed by atoms with van der Waals surface area (Å²) >= 11 is 3.70. The first-order chi connectivity index (χ1) is 6.31. The molecule has 0 bridgehead atoms. The van der Waals surface area contributed by atoms with Crippen molar-refractivity contribution in [1.29, 1.82) is 0 Å². The lowest BCUT2D eigenvalue weighted by Gasteiger charge is -2.07. The summed E-state index contributed by atoms with van der Waals surface area (Å²) in [4.78, 5) is 0.715. The summed E-state index contributed by atoms with van der Waals surface area (Å²) in [7, 11) is 0. The van der Waals surface area contributed by atoms with Gasteiger partial charge in [-0.1, -0.05) is 61.0 Å². The van der Waals surface area contributed by atoms with Crippen LogP contribution in [0.1, 0.15) is 58.3 Å². The van der Waals surface area contributed by atoms with Crippen molar-refractivity contribution < 1.29 is 0 Å². The third-order valence-corrected chi connectivity index (χ3v) is 3.22. The summed E-state index contributed by atoms with van der Waals surface area (Å²) in [5.74, 6) is 0. The van der Waals surface area contributed by atoms with E-state index in [9.17, 15) is 0 Å². The quantitative estimate of drug-likeness (QED) is 0.303. The molecule has 0 radical (unpaired) electrons. The van der Waals surface area contributed by atoms with Gasteiger partial charge in [0.05, 0.1) is 0 Å². The van der Waals surface area contributed by atoms with Crippen LogP contribution in [0.15, 0.2) is 12.7 Å². The normalized spacial score (nSPS) is 12.8. The van der Waals surface area contributed by atoms with Gasteiger partial charge in [-0.25, -0.2) is 0 Å². The fraction of sp³-hybridized carbons (Fsp3) is 0.833. The van der Waals surface area contributed by atoms with E-state index in [4.69, 9.17) is 0 Å². The molecule has 0 aliphatic rings. The van der Waals surface area contributed by atoms with Gasteiger partial charge in [0, 0.05) is 4.83 Å². The molecule has 0 amide bonds. The maximum Gasteiger partial charge on any atom is 0.0148 e. The van der Waals surface area contributed by atoms with Gasteiger partial charge in [0.1, 0.15) is 0 Å². The first-order valence-corrected chi connectivity index (χ1v) is 6.47. The molecule has 0 aromatic carbocycles. The standard InChI is InChI=1S/C12H23Br/c1-3-5-7-8-9-11-12(13)10-6-4-2/h4,12H,2-3,5-11H2,1H3. The smallest absolute Gasteiger partial charge is 0.0148 e. The van der Waals surface area contributed by atoms with Crippen LogP contribution in [0, 0.1) is 0 Å². The molecule has 1 unspecified atom stereocenters. The Kier molecular flexibility index (Phi) is 10.5. The van der Waals surface area contributed by atoms with E-state index < -0.39 is 0 Å². The molecule has 0 fully saturated rings. The topological polar surface area (TPSA) is 0 Å². The number of rotatable bonds is 9. The Morgan fingerprint density at radius 2 is 1.85 bits per heavy atom. The minimum atomic E-state index is 0.715. The van der Waals surface area contributed by atoms with E-state index in [-0.39, 0.29) is 0 Å². The van der Waals surface area contributed by atoms with Crippen molar-refractivity contribution in [3.05, 3.63) is 12.7 Å². The monoisotopic (exact) mass is 246 g/mol. The fourth-order valence-corrected chi connectivity index (χ4v) is 2.00. The predicted molar refractivity (Wildman–Crippen MR) is 65.5 cm³/mol. The Hall–Kier alpha value is 0.220. The second-order valence-electron chi connectivity index (χ2n) is 3.67. The van der Waals surface area contributed by atoms with Gasteiger partial charge in [0.15, 0.2) is 0 Å². The highest BCUT2D eigenvalue weighted by Gasteiger charge is 2.01. The van der Waals surface area contributed by atoms with Crippen molar-refractivity contribution in [2.75, 3.05) is 0 Å². The molecule has 78 valence electrons. The molecule has 1 atom stereocenters.